The Balaban J connectivity index is 0.00000162. The number of hydrogen-bond donors (Lipinski definition) is 1. The second-order valence-electron chi connectivity index (χ2n) is 3.91. The normalized spacial score (nSPS) is 9.83. The molecule has 0 unspecified atom stereocenters. The van der Waals surface area contributed by atoms with Crippen LogP contribution >= 0.6 is 28.6 Å². The predicted octanol–water partition coefficient (Wildman–Crippen LogP) is 3.65. The second-order valence-corrected chi connectivity index (χ2v) is 4.35. The molecule has 18 heavy (non-hydrogen) atoms. The summed E-state index contributed by atoms with van der Waals surface area (Å²) in [6.45, 7) is 1.85. The third-order valence-corrected chi connectivity index (χ3v) is 2.83. The van der Waals surface area contributed by atoms with Gasteiger partial charge in [0.05, 0.1) is 0 Å². The van der Waals surface area contributed by atoms with Crippen molar-refractivity contribution in [1.29, 1.82) is 0 Å². The molecule has 0 aliphatic heterocycles. The van der Waals surface area contributed by atoms with Crippen molar-refractivity contribution < 1.29 is 0 Å². The average molecular weight is 328 g/mol. The molecular formula is C14H16BrClN2. The van der Waals surface area contributed by atoms with Gasteiger partial charge in [-0.25, -0.2) is 0 Å². The monoisotopic (exact) mass is 326 g/mol. The van der Waals surface area contributed by atoms with E-state index in [9.17, 15) is 0 Å². The average Bonchev–Trinajstić information content (AvgIpc) is 2.38. The molecule has 0 aliphatic carbocycles. The van der Waals surface area contributed by atoms with Gasteiger partial charge in [0.15, 0.2) is 0 Å². The summed E-state index contributed by atoms with van der Waals surface area (Å²) in [7, 11) is 0. The van der Waals surface area contributed by atoms with Gasteiger partial charge in [-0.05, 0) is 48.4 Å². The molecule has 0 spiro atoms. The van der Waals surface area contributed by atoms with Crippen LogP contribution in [0.3, 0.4) is 0 Å². The van der Waals surface area contributed by atoms with Crippen molar-refractivity contribution in [2.24, 2.45) is 0 Å². The zero-order chi connectivity index (χ0) is 11.9. The first kappa shape index (κ1) is 15.2. The number of benzene rings is 1. The lowest BCUT2D eigenvalue weighted by atomic mass is 10.1. The summed E-state index contributed by atoms with van der Waals surface area (Å²) in [6, 6.07) is 12.0. The third kappa shape index (κ3) is 5.17. The molecule has 0 fully saturated rings. The number of rotatable bonds is 5. The van der Waals surface area contributed by atoms with Gasteiger partial charge >= 0.3 is 0 Å². The van der Waals surface area contributed by atoms with Gasteiger partial charge in [-0.3, -0.25) is 4.98 Å². The van der Waals surface area contributed by atoms with Crippen molar-refractivity contribution in [1.82, 2.24) is 10.3 Å². The largest absolute Gasteiger partial charge is 0.312 e. The Bertz CT molecular complexity index is 445. The number of hydrogen-bond acceptors (Lipinski definition) is 2. The molecule has 2 aromatic rings. The Labute approximate surface area is 123 Å². The first-order valence-corrected chi connectivity index (χ1v) is 6.06. The molecule has 1 aromatic carbocycles. The Morgan fingerprint density at radius 2 is 1.61 bits per heavy atom. The van der Waals surface area contributed by atoms with Gasteiger partial charge < -0.3 is 5.32 Å². The van der Waals surface area contributed by atoms with Crippen LogP contribution in [-0.4, -0.2) is 11.5 Å². The van der Waals surface area contributed by atoms with Crippen LogP contribution in [0.1, 0.15) is 11.1 Å². The molecule has 1 aromatic heterocycles. The van der Waals surface area contributed by atoms with Gasteiger partial charge in [0.2, 0.25) is 0 Å². The molecule has 0 atom stereocenters. The zero-order valence-corrected chi connectivity index (χ0v) is 12.4. The van der Waals surface area contributed by atoms with Crippen LogP contribution in [-0.2, 0) is 13.0 Å². The van der Waals surface area contributed by atoms with Gasteiger partial charge in [0.25, 0.3) is 0 Å². The molecule has 2 nitrogen and oxygen atoms in total. The van der Waals surface area contributed by atoms with Crippen molar-refractivity contribution in [3.63, 3.8) is 0 Å². The first-order valence-electron chi connectivity index (χ1n) is 5.68. The zero-order valence-electron chi connectivity index (χ0n) is 9.97. The summed E-state index contributed by atoms with van der Waals surface area (Å²) in [5.41, 5.74) is 2.56. The Kier molecular flexibility index (Phi) is 6.94. The highest BCUT2D eigenvalue weighted by molar-refractivity contribution is 8.93. The van der Waals surface area contributed by atoms with E-state index in [1.165, 1.54) is 11.1 Å². The SMILES string of the molecule is Br.Clc1ccc(CCNCc2ccncc2)cc1. The molecule has 0 saturated heterocycles. The summed E-state index contributed by atoms with van der Waals surface area (Å²) in [5.74, 6) is 0. The van der Waals surface area contributed by atoms with Gasteiger partial charge in [-0.2, -0.15) is 0 Å². The number of halogens is 2. The minimum Gasteiger partial charge on any atom is -0.312 e. The summed E-state index contributed by atoms with van der Waals surface area (Å²) >= 11 is 5.83. The van der Waals surface area contributed by atoms with E-state index in [4.69, 9.17) is 11.6 Å². The molecular weight excluding hydrogens is 312 g/mol. The van der Waals surface area contributed by atoms with Crippen LogP contribution in [0.25, 0.3) is 0 Å². The van der Waals surface area contributed by atoms with E-state index in [1.54, 1.807) is 0 Å². The molecule has 96 valence electrons. The van der Waals surface area contributed by atoms with Crippen LogP contribution in [0, 0.1) is 0 Å². The maximum absolute atomic E-state index is 5.83. The number of nitrogens with one attached hydrogen (secondary N) is 1. The fraction of sp³-hybridized carbons (Fsp3) is 0.214. The Morgan fingerprint density at radius 3 is 2.28 bits per heavy atom. The predicted molar refractivity (Wildman–Crippen MR) is 81.4 cm³/mol. The second kappa shape index (κ2) is 8.25. The quantitative estimate of drug-likeness (QED) is 0.848. The van der Waals surface area contributed by atoms with Crippen LogP contribution in [0.4, 0.5) is 0 Å². The summed E-state index contributed by atoms with van der Waals surface area (Å²) in [4.78, 5) is 3.99. The maximum Gasteiger partial charge on any atom is 0.0406 e. The van der Waals surface area contributed by atoms with Crippen LogP contribution in [0.15, 0.2) is 48.8 Å². The maximum atomic E-state index is 5.83. The smallest absolute Gasteiger partial charge is 0.0406 e. The summed E-state index contributed by atoms with van der Waals surface area (Å²) < 4.78 is 0. The highest BCUT2D eigenvalue weighted by Gasteiger charge is 1.94. The minimum absolute atomic E-state index is 0. The topological polar surface area (TPSA) is 24.9 Å². The van der Waals surface area contributed by atoms with E-state index in [1.807, 2.05) is 36.7 Å². The number of nitrogens with zero attached hydrogens (tertiary/aromatic N) is 1. The molecule has 2 rings (SSSR count). The highest BCUT2D eigenvalue weighted by Crippen LogP contribution is 2.09. The molecule has 0 aliphatic rings. The molecule has 4 heteroatoms. The van der Waals surface area contributed by atoms with Crippen LogP contribution in [0.2, 0.25) is 5.02 Å². The molecule has 0 amide bonds. The lowest BCUT2D eigenvalue weighted by molar-refractivity contribution is 0.686. The minimum atomic E-state index is 0. The van der Waals surface area contributed by atoms with E-state index in [-0.39, 0.29) is 17.0 Å². The van der Waals surface area contributed by atoms with E-state index in [0.29, 0.717) is 0 Å². The summed E-state index contributed by atoms with van der Waals surface area (Å²) in [5, 5.41) is 4.19. The van der Waals surface area contributed by atoms with E-state index < -0.39 is 0 Å². The molecule has 0 radical (unpaired) electrons. The summed E-state index contributed by atoms with van der Waals surface area (Å²) in [6.07, 6.45) is 4.65. The molecule has 1 N–H and O–H groups in total. The molecule has 0 saturated carbocycles. The molecule has 1 heterocycles. The fourth-order valence-corrected chi connectivity index (χ4v) is 1.74. The van der Waals surface area contributed by atoms with Crippen molar-refractivity contribution in [3.8, 4) is 0 Å². The van der Waals surface area contributed by atoms with Crippen LogP contribution in [0.5, 0.6) is 0 Å². The van der Waals surface area contributed by atoms with Gasteiger partial charge in [0.1, 0.15) is 0 Å². The van der Waals surface area contributed by atoms with E-state index in [2.05, 4.69) is 22.4 Å². The Hall–Kier alpha value is -0.900. The van der Waals surface area contributed by atoms with Crippen molar-refractivity contribution >= 4 is 28.6 Å². The lowest BCUT2D eigenvalue weighted by Crippen LogP contribution is -2.16. The van der Waals surface area contributed by atoms with Gasteiger partial charge in [0, 0.05) is 24.0 Å². The number of pyridine rings is 1. The van der Waals surface area contributed by atoms with E-state index >= 15 is 0 Å². The van der Waals surface area contributed by atoms with Crippen molar-refractivity contribution in [2.45, 2.75) is 13.0 Å². The van der Waals surface area contributed by atoms with Crippen molar-refractivity contribution in [3.05, 3.63) is 64.9 Å². The standard InChI is InChI=1S/C14H15ClN2.BrH/c15-14-3-1-12(2-4-14)5-10-17-11-13-6-8-16-9-7-13;/h1-4,6-9,17H,5,10-11H2;1H. The van der Waals surface area contributed by atoms with Gasteiger partial charge in [-0.15, -0.1) is 17.0 Å². The highest BCUT2D eigenvalue weighted by atomic mass is 79.9. The van der Waals surface area contributed by atoms with Crippen molar-refractivity contribution in [2.75, 3.05) is 6.54 Å². The first-order chi connectivity index (χ1) is 8.34. The Morgan fingerprint density at radius 1 is 0.944 bits per heavy atom. The molecule has 0 bridgehead atoms. The lowest BCUT2D eigenvalue weighted by Gasteiger charge is -2.05. The fourth-order valence-electron chi connectivity index (χ4n) is 1.62. The van der Waals surface area contributed by atoms with Gasteiger partial charge in [-0.1, -0.05) is 23.7 Å². The number of aromatic nitrogens is 1. The third-order valence-electron chi connectivity index (χ3n) is 2.58. The van der Waals surface area contributed by atoms with Crippen LogP contribution < -0.4 is 5.32 Å². The van der Waals surface area contributed by atoms with E-state index in [0.717, 1.165) is 24.5 Å².